The summed E-state index contributed by atoms with van der Waals surface area (Å²) in [5.74, 6) is -1.60. The Labute approximate surface area is 180 Å². The van der Waals surface area contributed by atoms with E-state index < -0.39 is 29.7 Å². The molecule has 1 fully saturated rings. The van der Waals surface area contributed by atoms with Crippen molar-refractivity contribution in [1.29, 1.82) is 0 Å². The number of benzene rings is 1. The molecule has 3 atom stereocenters. The summed E-state index contributed by atoms with van der Waals surface area (Å²) in [5.41, 5.74) is 0.646. The summed E-state index contributed by atoms with van der Waals surface area (Å²) in [6.07, 6.45) is 1.38. The number of nitrogens with one attached hydrogen (secondary N) is 4. The van der Waals surface area contributed by atoms with Crippen LogP contribution in [0, 0.1) is 17.7 Å². The van der Waals surface area contributed by atoms with Crippen molar-refractivity contribution in [3.05, 3.63) is 35.8 Å². The molecule has 1 aromatic heterocycles. The summed E-state index contributed by atoms with van der Waals surface area (Å²) in [6.45, 7) is 4.14. The molecule has 8 nitrogen and oxygen atoms in total. The van der Waals surface area contributed by atoms with Crippen molar-refractivity contribution < 1.29 is 23.9 Å². The number of rotatable bonds is 9. The number of carbonyl (C=O) groups is 3. The van der Waals surface area contributed by atoms with Gasteiger partial charge in [0, 0.05) is 23.4 Å². The highest BCUT2D eigenvalue weighted by molar-refractivity contribution is 6.00. The molecular formula is C22H29FN4O4. The number of aromatic nitrogens is 1. The van der Waals surface area contributed by atoms with Gasteiger partial charge in [0.05, 0.1) is 12.6 Å². The molecule has 2 heterocycles. The van der Waals surface area contributed by atoms with Crippen molar-refractivity contribution in [2.75, 3.05) is 13.2 Å². The second-order valence-electron chi connectivity index (χ2n) is 8.44. The second kappa shape index (κ2) is 9.91. The van der Waals surface area contributed by atoms with Crippen molar-refractivity contribution in [1.82, 2.24) is 20.9 Å². The van der Waals surface area contributed by atoms with Crippen molar-refractivity contribution in [2.24, 2.45) is 11.8 Å². The standard InChI is InChI=1S/C22H29FN4O4/c1-12(2)8-18(21(30)25-14(11-28)9-13-6-7-24-20(13)29)27-22(31)19-10-15-16(23)4-3-5-17(15)26-19/h3-5,10,12-14,18,26,28H,6-9,11H2,1-2H3,(H,24,29)(H,25,30)(H,27,31)/t13-,14-,18-/m0/s1. The predicted molar refractivity (Wildman–Crippen MR) is 114 cm³/mol. The zero-order chi connectivity index (χ0) is 22.5. The van der Waals surface area contributed by atoms with Crippen LogP contribution >= 0.6 is 0 Å². The molecule has 0 radical (unpaired) electrons. The first-order valence-electron chi connectivity index (χ1n) is 10.6. The van der Waals surface area contributed by atoms with Gasteiger partial charge in [-0.05, 0) is 43.4 Å². The van der Waals surface area contributed by atoms with Crippen LogP contribution in [0.1, 0.15) is 43.6 Å². The number of hydrogen-bond donors (Lipinski definition) is 5. The average Bonchev–Trinajstić information content (AvgIpc) is 3.33. The maximum atomic E-state index is 13.9. The lowest BCUT2D eigenvalue weighted by Crippen LogP contribution is -2.51. The van der Waals surface area contributed by atoms with E-state index in [2.05, 4.69) is 20.9 Å². The van der Waals surface area contributed by atoms with E-state index in [0.29, 0.717) is 36.7 Å². The van der Waals surface area contributed by atoms with E-state index >= 15 is 0 Å². The number of carbonyl (C=O) groups excluding carboxylic acids is 3. The summed E-state index contributed by atoms with van der Waals surface area (Å²) >= 11 is 0. The molecule has 0 unspecified atom stereocenters. The van der Waals surface area contributed by atoms with E-state index in [4.69, 9.17) is 0 Å². The second-order valence-corrected chi connectivity index (χ2v) is 8.44. The van der Waals surface area contributed by atoms with E-state index in [1.165, 1.54) is 12.1 Å². The van der Waals surface area contributed by atoms with Crippen LogP contribution in [0.4, 0.5) is 4.39 Å². The average molecular weight is 432 g/mol. The Morgan fingerprint density at radius 1 is 1.29 bits per heavy atom. The fourth-order valence-electron chi connectivity index (χ4n) is 3.87. The minimum Gasteiger partial charge on any atom is -0.394 e. The number of H-pyrrole nitrogens is 1. The maximum absolute atomic E-state index is 13.9. The van der Waals surface area contributed by atoms with Gasteiger partial charge in [-0.2, -0.15) is 0 Å². The van der Waals surface area contributed by atoms with Crippen LogP contribution in [0.3, 0.4) is 0 Å². The highest BCUT2D eigenvalue weighted by Gasteiger charge is 2.30. The number of halogens is 1. The lowest BCUT2D eigenvalue weighted by Gasteiger charge is -2.24. The van der Waals surface area contributed by atoms with E-state index in [9.17, 15) is 23.9 Å². The third-order valence-electron chi connectivity index (χ3n) is 5.48. The number of aromatic amines is 1. The third-order valence-corrected chi connectivity index (χ3v) is 5.48. The quantitative estimate of drug-likeness (QED) is 0.412. The minimum atomic E-state index is -0.838. The highest BCUT2D eigenvalue weighted by atomic mass is 19.1. The molecule has 0 spiro atoms. The molecule has 1 aliphatic heterocycles. The van der Waals surface area contributed by atoms with Crippen LogP contribution in [0.15, 0.2) is 24.3 Å². The van der Waals surface area contributed by atoms with Crippen molar-refractivity contribution in [2.45, 2.75) is 45.2 Å². The van der Waals surface area contributed by atoms with E-state index in [-0.39, 0.29) is 30.0 Å². The van der Waals surface area contributed by atoms with Crippen LogP contribution < -0.4 is 16.0 Å². The van der Waals surface area contributed by atoms with Gasteiger partial charge >= 0.3 is 0 Å². The van der Waals surface area contributed by atoms with Crippen molar-refractivity contribution in [3.63, 3.8) is 0 Å². The smallest absolute Gasteiger partial charge is 0.268 e. The summed E-state index contributed by atoms with van der Waals surface area (Å²) in [7, 11) is 0. The first kappa shape index (κ1) is 22.7. The fourth-order valence-corrected chi connectivity index (χ4v) is 3.87. The van der Waals surface area contributed by atoms with Gasteiger partial charge < -0.3 is 26.0 Å². The van der Waals surface area contributed by atoms with E-state index in [1.54, 1.807) is 12.1 Å². The molecule has 1 aliphatic rings. The normalized spacial score (nSPS) is 18.1. The first-order valence-corrected chi connectivity index (χ1v) is 10.6. The largest absolute Gasteiger partial charge is 0.394 e. The number of aliphatic hydroxyl groups excluding tert-OH is 1. The van der Waals surface area contributed by atoms with Gasteiger partial charge in [0.2, 0.25) is 11.8 Å². The van der Waals surface area contributed by atoms with Gasteiger partial charge in [-0.1, -0.05) is 19.9 Å². The Bertz CT molecular complexity index is 958. The summed E-state index contributed by atoms with van der Waals surface area (Å²) < 4.78 is 13.9. The van der Waals surface area contributed by atoms with Gasteiger partial charge in [-0.15, -0.1) is 0 Å². The van der Waals surface area contributed by atoms with E-state index in [1.807, 2.05) is 13.8 Å². The number of fused-ring (bicyclic) bond motifs is 1. The lowest BCUT2D eigenvalue weighted by atomic mass is 9.97. The monoisotopic (exact) mass is 432 g/mol. The molecule has 5 N–H and O–H groups in total. The van der Waals surface area contributed by atoms with Gasteiger partial charge in [0.1, 0.15) is 17.6 Å². The molecule has 3 rings (SSSR count). The zero-order valence-electron chi connectivity index (χ0n) is 17.7. The number of hydrogen-bond acceptors (Lipinski definition) is 4. The summed E-state index contributed by atoms with van der Waals surface area (Å²) in [5, 5.41) is 18.2. The molecule has 1 aromatic carbocycles. The Hall–Kier alpha value is -2.94. The maximum Gasteiger partial charge on any atom is 0.268 e. The molecule has 0 bridgehead atoms. The molecule has 31 heavy (non-hydrogen) atoms. The van der Waals surface area contributed by atoms with Crippen molar-refractivity contribution in [3.8, 4) is 0 Å². The zero-order valence-corrected chi connectivity index (χ0v) is 17.7. The molecule has 9 heteroatoms. The number of amides is 3. The lowest BCUT2D eigenvalue weighted by molar-refractivity contribution is -0.126. The minimum absolute atomic E-state index is 0.0780. The Kier molecular flexibility index (Phi) is 7.27. The SMILES string of the molecule is CC(C)C[C@H](NC(=O)c1cc2c(F)cccc2[nH]1)C(=O)N[C@H](CO)C[C@@H]1CCNC1=O. The summed E-state index contributed by atoms with van der Waals surface area (Å²) in [4.78, 5) is 40.3. The van der Waals surface area contributed by atoms with Crippen LogP contribution in [-0.4, -0.2) is 53.0 Å². The highest BCUT2D eigenvalue weighted by Crippen LogP contribution is 2.19. The van der Waals surface area contributed by atoms with Gasteiger partial charge in [0.15, 0.2) is 0 Å². The molecule has 168 valence electrons. The van der Waals surface area contributed by atoms with Gasteiger partial charge in [0.25, 0.3) is 5.91 Å². The number of aliphatic hydroxyl groups is 1. The van der Waals surface area contributed by atoms with Crippen LogP contribution in [0.5, 0.6) is 0 Å². The van der Waals surface area contributed by atoms with Crippen LogP contribution in [0.25, 0.3) is 10.9 Å². The topological polar surface area (TPSA) is 123 Å². The Morgan fingerprint density at radius 2 is 2.06 bits per heavy atom. The Morgan fingerprint density at radius 3 is 2.68 bits per heavy atom. The molecular weight excluding hydrogens is 403 g/mol. The van der Waals surface area contributed by atoms with Gasteiger partial charge in [-0.25, -0.2) is 4.39 Å². The fraction of sp³-hybridized carbons (Fsp3) is 0.500. The van der Waals surface area contributed by atoms with Gasteiger partial charge in [-0.3, -0.25) is 14.4 Å². The third kappa shape index (κ3) is 5.61. The predicted octanol–water partition coefficient (Wildman–Crippen LogP) is 1.45. The van der Waals surface area contributed by atoms with E-state index in [0.717, 1.165) is 0 Å². The van der Waals surface area contributed by atoms with Crippen LogP contribution in [0.2, 0.25) is 0 Å². The molecule has 0 saturated carbocycles. The van der Waals surface area contributed by atoms with Crippen LogP contribution in [-0.2, 0) is 9.59 Å². The first-order chi connectivity index (χ1) is 14.8. The summed E-state index contributed by atoms with van der Waals surface area (Å²) in [6, 6.07) is 4.51. The molecule has 3 amide bonds. The Balaban J connectivity index is 1.69. The molecule has 0 aliphatic carbocycles. The molecule has 1 saturated heterocycles. The van der Waals surface area contributed by atoms with Crippen molar-refractivity contribution >= 4 is 28.6 Å². The molecule has 2 aromatic rings.